The molecular formula is C9H17O4P. The molecule has 0 aliphatic carbocycles. The molecule has 0 radical (unpaired) electrons. The number of unbranched alkanes of at least 4 members (excludes halogenated alkanes) is 2. The van der Waals surface area contributed by atoms with Crippen molar-refractivity contribution < 1.29 is 18.5 Å². The summed E-state index contributed by atoms with van der Waals surface area (Å²) in [5.41, 5.74) is 0. The third kappa shape index (κ3) is 8.28. The number of rotatable bonds is 7. The van der Waals surface area contributed by atoms with Gasteiger partial charge in [0.05, 0.1) is 12.7 Å². The number of phosphoric ester groups is 1. The summed E-state index contributed by atoms with van der Waals surface area (Å²) >= 11 is 0. The van der Waals surface area contributed by atoms with E-state index in [0.29, 0.717) is 12.8 Å². The smallest absolute Gasteiger partial charge is 0.302 e. The standard InChI is InChI=1S/C9H17O4P/c1-4-5-6-7-8-12-14(10,11)13-9(2)3/h1,9H,5-8H2,2-3H3,(H,10,11). The van der Waals surface area contributed by atoms with Crippen LogP contribution in [0.3, 0.4) is 0 Å². The lowest BCUT2D eigenvalue weighted by Gasteiger charge is -2.13. The first-order valence-corrected chi connectivity index (χ1v) is 6.06. The Bertz CT molecular complexity index is 231. The van der Waals surface area contributed by atoms with Crippen molar-refractivity contribution >= 4 is 7.82 Å². The predicted octanol–water partition coefficient (Wildman–Crippen LogP) is 2.33. The van der Waals surface area contributed by atoms with Crippen LogP contribution in [-0.2, 0) is 13.6 Å². The normalized spacial score (nSPS) is 15.1. The number of hydrogen-bond acceptors (Lipinski definition) is 3. The number of phosphoric acid groups is 1. The first kappa shape index (κ1) is 13.7. The molecule has 0 aromatic carbocycles. The van der Waals surface area contributed by atoms with E-state index < -0.39 is 7.82 Å². The van der Waals surface area contributed by atoms with Crippen LogP contribution in [0.25, 0.3) is 0 Å². The lowest BCUT2D eigenvalue weighted by atomic mass is 10.2. The van der Waals surface area contributed by atoms with Crippen LogP contribution >= 0.6 is 7.82 Å². The van der Waals surface area contributed by atoms with Gasteiger partial charge in [-0.15, -0.1) is 12.3 Å². The van der Waals surface area contributed by atoms with Gasteiger partial charge in [-0.25, -0.2) is 4.57 Å². The number of terminal acetylenes is 1. The van der Waals surface area contributed by atoms with Crippen LogP contribution in [0.5, 0.6) is 0 Å². The van der Waals surface area contributed by atoms with Crippen LogP contribution < -0.4 is 0 Å². The van der Waals surface area contributed by atoms with Crippen LogP contribution in [0.15, 0.2) is 0 Å². The summed E-state index contributed by atoms with van der Waals surface area (Å²) in [5.74, 6) is 2.48. The van der Waals surface area contributed by atoms with E-state index >= 15 is 0 Å². The molecule has 1 unspecified atom stereocenters. The van der Waals surface area contributed by atoms with E-state index in [9.17, 15) is 4.57 Å². The van der Waals surface area contributed by atoms with Gasteiger partial charge in [-0.05, 0) is 26.7 Å². The molecular weight excluding hydrogens is 203 g/mol. The van der Waals surface area contributed by atoms with Gasteiger partial charge in [-0.2, -0.15) is 0 Å². The largest absolute Gasteiger partial charge is 0.472 e. The zero-order valence-corrected chi connectivity index (χ0v) is 9.50. The average molecular weight is 220 g/mol. The maximum atomic E-state index is 11.1. The Balaban J connectivity index is 3.57. The first-order valence-electron chi connectivity index (χ1n) is 4.57. The van der Waals surface area contributed by atoms with Gasteiger partial charge in [0.25, 0.3) is 0 Å². The fourth-order valence-corrected chi connectivity index (χ4v) is 1.76. The monoisotopic (exact) mass is 220 g/mol. The van der Waals surface area contributed by atoms with E-state index in [4.69, 9.17) is 20.4 Å². The molecule has 0 rings (SSSR count). The fraction of sp³-hybridized carbons (Fsp3) is 0.778. The molecule has 0 aromatic heterocycles. The molecule has 0 spiro atoms. The van der Waals surface area contributed by atoms with Crippen molar-refractivity contribution in [3.8, 4) is 12.3 Å². The van der Waals surface area contributed by atoms with Crippen molar-refractivity contribution in [1.82, 2.24) is 0 Å². The van der Waals surface area contributed by atoms with Crippen molar-refractivity contribution in [1.29, 1.82) is 0 Å². The molecule has 5 heteroatoms. The van der Waals surface area contributed by atoms with Gasteiger partial charge in [0, 0.05) is 6.42 Å². The second-order valence-electron chi connectivity index (χ2n) is 3.12. The fourth-order valence-electron chi connectivity index (χ4n) is 0.806. The zero-order valence-electron chi connectivity index (χ0n) is 8.60. The highest BCUT2D eigenvalue weighted by molar-refractivity contribution is 7.47. The summed E-state index contributed by atoms with van der Waals surface area (Å²) in [6.07, 6.45) is 6.83. The van der Waals surface area contributed by atoms with Gasteiger partial charge in [-0.3, -0.25) is 9.05 Å². The van der Waals surface area contributed by atoms with Crippen LogP contribution in [-0.4, -0.2) is 17.6 Å². The van der Waals surface area contributed by atoms with Crippen LogP contribution in [0.4, 0.5) is 0 Å². The predicted molar refractivity (Wildman–Crippen MR) is 54.7 cm³/mol. The van der Waals surface area contributed by atoms with E-state index in [1.807, 2.05) is 0 Å². The number of hydrogen-bond donors (Lipinski definition) is 1. The molecule has 1 atom stereocenters. The molecule has 0 bridgehead atoms. The van der Waals surface area contributed by atoms with Crippen molar-refractivity contribution in [3.63, 3.8) is 0 Å². The Hall–Kier alpha value is -0.330. The van der Waals surface area contributed by atoms with Crippen molar-refractivity contribution in [2.45, 2.75) is 39.2 Å². The summed E-state index contributed by atoms with van der Waals surface area (Å²) in [5, 5.41) is 0. The van der Waals surface area contributed by atoms with Crippen molar-refractivity contribution in [2.24, 2.45) is 0 Å². The Labute approximate surface area is 85.2 Å². The Morgan fingerprint density at radius 3 is 2.64 bits per heavy atom. The molecule has 0 heterocycles. The third-order valence-electron chi connectivity index (χ3n) is 1.31. The van der Waals surface area contributed by atoms with Gasteiger partial charge in [0.15, 0.2) is 0 Å². The van der Waals surface area contributed by atoms with Gasteiger partial charge >= 0.3 is 7.82 Å². The summed E-state index contributed by atoms with van der Waals surface area (Å²) < 4.78 is 20.5. The van der Waals surface area contributed by atoms with Crippen molar-refractivity contribution in [3.05, 3.63) is 0 Å². The first-order chi connectivity index (χ1) is 6.48. The highest BCUT2D eigenvalue weighted by Gasteiger charge is 2.21. The topological polar surface area (TPSA) is 55.8 Å². The van der Waals surface area contributed by atoms with Gasteiger partial charge in [0.2, 0.25) is 0 Å². The average Bonchev–Trinajstić information content (AvgIpc) is 2.01. The molecule has 14 heavy (non-hydrogen) atoms. The Morgan fingerprint density at radius 2 is 2.14 bits per heavy atom. The zero-order chi connectivity index (χ0) is 11.0. The molecule has 0 aliphatic heterocycles. The van der Waals surface area contributed by atoms with Gasteiger partial charge < -0.3 is 4.89 Å². The van der Waals surface area contributed by atoms with Crippen LogP contribution in [0, 0.1) is 12.3 Å². The summed E-state index contributed by atoms with van der Waals surface area (Å²) in [6, 6.07) is 0. The molecule has 0 fully saturated rings. The highest BCUT2D eigenvalue weighted by Crippen LogP contribution is 2.44. The van der Waals surface area contributed by atoms with Crippen molar-refractivity contribution in [2.75, 3.05) is 6.61 Å². The summed E-state index contributed by atoms with van der Waals surface area (Å²) in [4.78, 5) is 9.11. The minimum Gasteiger partial charge on any atom is -0.302 e. The maximum Gasteiger partial charge on any atom is 0.472 e. The molecule has 0 amide bonds. The van der Waals surface area contributed by atoms with E-state index in [0.717, 1.165) is 6.42 Å². The minimum absolute atomic E-state index is 0.197. The molecule has 0 aromatic rings. The minimum atomic E-state index is -3.85. The highest BCUT2D eigenvalue weighted by atomic mass is 31.2. The third-order valence-corrected chi connectivity index (χ3v) is 2.51. The molecule has 0 saturated heterocycles. The molecule has 1 N–H and O–H groups in total. The van der Waals surface area contributed by atoms with Crippen LogP contribution in [0.2, 0.25) is 0 Å². The quantitative estimate of drug-likeness (QED) is 0.406. The summed E-state index contributed by atoms with van der Waals surface area (Å²) in [7, 11) is -3.85. The lowest BCUT2D eigenvalue weighted by Crippen LogP contribution is -2.03. The maximum absolute atomic E-state index is 11.1. The van der Waals surface area contributed by atoms with E-state index in [1.165, 1.54) is 0 Å². The van der Waals surface area contributed by atoms with Gasteiger partial charge in [0.1, 0.15) is 0 Å². The molecule has 0 aliphatic rings. The lowest BCUT2D eigenvalue weighted by molar-refractivity contribution is 0.119. The molecule has 82 valence electrons. The van der Waals surface area contributed by atoms with E-state index in [-0.39, 0.29) is 12.7 Å². The SMILES string of the molecule is C#CCCCCOP(=O)(O)OC(C)C. The van der Waals surface area contributed by atoms with E-state index in [1.54, 1.807) is 13.8 Å². The summed E-state index contributed by atoms with van der Waals surface area (Å²) in [6.45, 7) is 3.54. The van der Waals surface area contributed by atoms with E-state index in [2.05, 4.69) is 5.92 Å². The van der Waals surface area contributed by atoms with Crippen LogP contribution in [0.1, 0.15) is 33.1 Å². The Kier molecular flexibility index (Phi) is 6.86. The molecule has 4 nitrogen and oxygen atoms in total. The second kappa shape index (κ2) is 7.03. The second-order valence-corrected chi connectivity index (χ2v) is 4.52. The Morgan fingerprint density at radius 1 is 1.50 bits per heavy atom. The van der Waals surface area contributed by atoms with Gasteiger partial charge in [-0.1, -0.05) is 0 Å². The molecule has 0 saturated carbocycles.